The topological polar surface area (TPSA) is 91.3 Å². The number of pyridine rings is 1. The summed E-state index contributed by atoms with van der Waals surface area (Å²) >= 11 is 1.08. The second-order valence-electron chi connectivity index (χ2n) is 4.92. The van der Waals surface area contributed by atoms with Crippen molar-refractivity contribution in [1.29, 1.82) is 0 Å². The molecule has 0 fully saturated rings. The van der Waals surface area contributed by atoms with Crippen LogP contribution < -0.4 is 10.0 Å². The fourth-order valence-electron chi connectivity index (χ4n) is 1.72. The SMILES string of the molecule is CC(=O)CCCNSC(=O)CCCNC(O)c1cccnc1. The highest BCUT2D eigenvalue weighted by Gasteiger charge is 2.07. The van der Waals surface area contributed by atoms with Gasteiger partial charge in [-0.15, -0.1) is 0 Å². The minimum absolute atomic E-state index is 0.0560. The Morgan fingerprint density at radius 1 is 1.32 bits per heavy atom. The normalized spacial score (nSPS) is 12.1. The van der Waals surface area contributed by atoms with Gasteiger partial charge in [0.15, 0.2) is 0 Å². The van der Waals surface area contributed by atoms with Gasteiger partial charge in [-0.3, -0.25) is 19.8 Å². The highest BCUT2D eigenvalue weighted by Crippen LogP contribution is 2.08. The third-order valence-corrected chi connectivity index (χ3v) is 3.67. The van der Waals surface area contributed by atoms with Gasteiger partial charge >= 0.3 is 0 Å². The number of aromatic nitrogens is 1. The molecule has 0 saturated carbocycles. The van der Waals surface area contributed by atoms with E-state index in [1.807, 2.05) is 0 Å². The number of nitrogens with zero attached hydrogens (tertiary/aromatic N) is 1. The minimum Gasteiger partial charge on any atom is -0.374 e. The van der Waals surface area contributed by atoms with Crippen LogP contribution in [-0.2, 0) is 9.59 Å². The first-order valence-electron chi connectivity index (χ1n) is 7.33. The molecule has 122 valence electrons. The van der Waals surface area contributed by atoms with Crippen molar-refractivity contribution in [2.24, 2.45) is 0 Å². The van der Waals surface area contributed by atoms with E-state index in [9.17, 15) is 14.7 Å². The van der Waals surface area contributed by atoms with Crippen molar-refractivity contribution in [3.05, 3.63) is 30.1 Å². The average Bonchev–Trinajstić information content (AvgIpc) is 2.51. The predicted octanol–water partition coefficient (Wildman–Crippen LogP) is 1.58. The number of carbonyl (C=O) groups is 2. The number of carbonyl (C=O) groups excluding carboxylic acids is 2. The van der Waals surface area contributed by atoms with Crippen LogP contribution in [-0.4, -0.2) is 34.1 Å². The summed E-state index contributed by atoms with van der Waals surface area (Å²) in [5.41, 5.74) is 0.704. The Bertz CT molecular complexity index is 457. The van der Waals surface area contributed by atoms with E-state index in [0.29, 0.717) is 37.9 Å². The number of Topliss-reactive ketones (excluding diaryl/α,β-unsaturated/α-hetero) is 1. The molecule has 1 aromatic heterocycles. The lowest BCUT2D eigenvalue weighted by Crippen LogP contribution is -2.22. The van der Waals surface area contributed by atoms with Crippen LogP contribution in [0.1, 0.15) is 44.4 Å². The maximum Gasteiger partial charge on any atom is 0.203 e. The maximum atomic E-state index is 11.6. The fraction of sp³-hybridized carbons (Fsp3) is 0.533. The zero-order chi connectivity index (χ0) is 16.2. The molecule has 0 saturated heterocycles. The largest absolute Gasteiger partial charge is 0.374 e. The van der Waals surface area contributed by atoms with Gasteiger partial charge < -0.3 is 9.90 Å². The molecular formula is C15H23N3O3S. The molecule has 0 aliphatic rings. The minimum atomic E-state index is -0.763. The molecule has 1 rings (SSSR count). The molecule has 0 radical (unpaired) electrons. The monoisotopic (exact) mass is 325 g/mol. The lowest BCUT2D eigenvalue weighted by molar-refractivity contribution is -0.117. The molecule has 0 aliphatic heterocycles. The quantitative estimate of drug-likeness (QED) is 0.323. The molecular weight excluding hydrogens is 302 g/mol. The molecule has 22 heavy (non-hydrogen) atoms. The first kappa shape index (κ1) is 18.8. The Balaban J connectivity index is 2.02. The average molecular weight is 325 g/mol. The van der Waals surface area contributed by atoms with E-state index in [-0.39, 0.29) is 10.9 Å². The number of hydrogen-bond acceptors (Lipinski definition) is 7. The zero-order valence-corrected chi connectivity index (χ0v) is 13.6. The molecule has 0 spiro atoms. The number of ketones is 1. The summed E-state index contributed by atoms with van der Waals surface area (Å²) in [6.07, 6.45) is 4.85. The van der Waals surface area contributed by atoms with Crippen molar-refractivity contribution in [1.82, 2.24) is 15.0 Å². The highest BCUT2D eigenvalue weighted by molar-refractivity contribution is 8.11. The Morgan fingerprint density at radius 3 is 2.77 bits per heavy atom. The summed E-state index contributed by atoms with van der Waals surface area (Å²) in [5, 5.41) is 12.8. The van der Waals surface area contributed by atoms with Gasteiger partial charge in [0.2, 0.25) is 5.12 Å². The maximum absolute atomic E-state index is 11.6. The van der Waals surface area contributed by atoms with Crippen LogP contribution >= 0.6 is 11.9 Å². The van der Waals surface area contributed by atoms with E-state index >= 15 is 0 Å². The molecule has 7 heteroatoms. The van der Waals surface area contributed by atoms with E-state index in [1.54, 1.807) is 31.5 Å². The number of nitrogens with one attached hydrogen (secondary N) is 2. The molecule has 0 amide bonds. The number of aliphatic hydroxyl groups excluding tert-OH is 1. The number of rotatable bonds is 11. The lowest BCUT2D eigenvalue weighted by atomic mass is 10.2. The van der Waals surface area contributed by atoms with Gasteiger partial charge in [0.1, 0.15) is 12.0 Å². The second kappa shape index (κ2) is 11.3. The molecule has 0 bridgehead atoms. The fourth-order valence-corrected chi connectivity index (χ4v) is 2.37. The van der Waals surface area contributed by atoms with Crippen molar-refractivity contribution in [2.45, 2.75) is 38.8 Å². The Hall–Kier alpha value is -1.28. The third kappa shape index (κ3) is 8.89. The summed E-state index contributed by atoms with van der Waals surface area (Å²) in [4.78, 5) is 26.3. The van der Waals surface area contributed by atoms with Gasteiger partial charge in [0.05, 0.1) is 0 Å². The van der Waals surface area contributed by atoms with E-state index in [1.165, 1.54) is 0 Å². The molecule has 0 aliphatic carbocycles. The van der Waals surface area contributed by atoms with E-state index in [4.69, 9.17) is 0 Å². The Kier molecular flexibility index (Phi) is 9.65. The van der Waals surface area contributed by atoms with E-state index in [2.05, 4.69) is 15.0 Å². The lowest BCUT2D eigenvalue weighted by Gasteiger charge is -2.12. The van der Waals surface area contributed by atoms with Gasteiger partial charge in [0.25, 0.3) is 0 Å². The van der Waals surface area contributed by atoms with Crippen LogP contribution in [0.25, 0.3) is 0 Å². The van der Waals surface area contributed by atoms with Crippen molar-refractivity contribution >= 4 is 22.8 Å². The Morgan fingerprint density at radius 2 is 2.09 bits per heavy atom. The summed E-state index contributed by atoms with van der Waals surface area (Å²) in [5.74, 6) is 0.163. The summed E-state index contributed by atoms with van der Waals surface area (Å²) < 4.78 is 2.95. The first-order chi connectivity index (χ1) is 10.6. The molecule has 1 heterocycles. The van der Waals surface area contributed by atoms with Gasteiger partial charge in [-0.25, -0.2) is 0 Å². The summed E-state index contributed by atoms with van der Waals surface area (Å²) in [7, 11) is 0. The van der Waals surface area contributed by atoms with Crippen molar-refractivity contribution in [3.8, 4) is 0 Å². The van der Waals surface area contributed by atoms with Gasteiger partial charge in [-0.2, -0.15) is 0 Å². The molecule has 1 unspecified atom stereocenters. The molecule has 6 nitrogen and oxygen atoms in total. The van der Waals surface area contributed by atoms with Crippen molar-refractivity contribution in [3.63, 3.8) is 0 Å². The van der Waals surface area contributed by atoms with Gasteiger partial charge in [-0.1, -0.05) is 6.07 Å². The van der Waals surface area contributed by atoms with E-state index in [0.717, 1.165) is 18.4 Å². The second-order valence-corrected chi connectivity index (χ2v) is 5.87. The highest BCUT2D eigenvalue weighted by atomic mass is 32.2. The Labute approximate surface area is 135 Å². The zero-order valence-electron chi connectivity index (χ0n) is 12.7. The van der Waals surface area contributed by atoms with Crippen LogP contribution in [0.15, 0.2) is 24.5 Å². The van der Waals surface area contributed by atoms with Crippen LogP contribution in [0.2, 0.25) is 0 Å². The molecule has 0 aromatic carbocycles. The standard InChI is InChI=1S/C15H23N3O3S/c1-12(19)5-2-10-18-22-14(20)7-4-9-17-15(21)13-6-3-8-16-11-13/h3,6,8,11,15,17-18,21H,2,4-5,7,9-10H2,1H3. The molecule has 3 N–H and O–H groups in total. The molecule has 1 atom stereocenters. The smallest absolute Gasteiger partial charge is 0.203 e. The van der Waals surface area contributed by atoms with Crippen LogP contribution in [0.5, 0.6) is 0 Å². The first-order valence-corrected chi connectivity index (χ1v) is 8.14. The van der Waals surface area contributed by atoms with Crippen molar-refractivity contribution in [2.75, 3.05) is 13.1 Å². The summed E-state index contributed by atoms with van der Waals surface area (Å²) in [6, 6.07) is 3.55. The third-order valence-electron chi connectivity index (χ3n) is 2.89. The summed E-state index contributed by atoms with van der Waals surface area (Å²) in [6.45, 7) is 2.76. The van der Waals surface area contributed by atoms with E-state index < -0.39 is 6.23 Å². The molecule has 1 aromatic rings. The van der Waals surface area contributed by atoms with Crippen LogP contribution in [0.4, 0.5) is 0 Å². The number of hydrogen-bond donors (Lipinski definition) is 3. The predicted molar refractivity (Wildman–Crippen MR) is 86.9 cm³/mol. The van der Waals surface area contributed by atoms with Crippen molar-refractivity contribution < 1.29 is 14.7 Å². The number of aliphatic hydroxyl groups is 1. The van der Waals surface area contributed by atoms with Crippen LogP contribution in [0.3, 0.4) is 0 Å². The van der Waals surface area contributed by atoms with Gasteiger partial charge in [-0.05, 0) is 44.3 Å². The van der Waals surface area contributed by atoms with Gasteiger partial charge in [0, 0.05) is 37.3 Å². The van der Waals surface area contributed by atoms with Crippen LogP contribution in [0, 0.1) is 0 Å².